The van der Waals surface area contributed by atoms with Gasteiger partial charge in [0, 0.05) is 32.5 Å². The Morgan fingerprint density at radius 1 is 1.25 bits per heavy atom. The second-order valence-electron chi connectivity index (χ2n) is 7.10. The molecule has 1 atom stereocenters. The summed E-state index contributed by atoms with van der Waals surface area (Å²) in [5.74, 6) is 0.652. The number of rotatable bonds is 9. The first-order valence-electron chi connectivity index (χ1n) is 10.00. The average molecular weight is 385 g/mol. The van der Waals surface area contributed by atoms with E-state index in [4.69, 9.17) is 9.47 Å². The molecule has 5 heteroatoms. The molecule has 2 aromatic carbocycles. The fourth-order valence-electron chi connectivity index (χ4n) is 3.45. The molecule has 3 rings (SSSR count). The van der Waals surface area contributed by atoms with Gasteiger partial charge in [0.15, 0.2) is 0 Å². The third-order valence-corrected chi connectivity index (χ3v) is 4.97. The smallest absolute Gasteiger partial charge is 0.222 e. The standard InChI is InChI=1S/C23H28FNO3/c1-2-23(26)25(17-21-10-6-13-27-21)16-18-7-5-9-20(15-18)28-14-12-19-8-3-4-11-22(19)24/h3-5,7-9,11,15,21H,2,6,10,12-14,16-17H2,1H3/t21-/m0/s1. The van der Waals surface area contributed by atoms with Gasteiger partial charge >= 0.3 is 0 Å². The van der Waals surface area contributed by atoms with Crippen LogP contribution in [0.2, 0.25) is 0 Å². The van der Waals surface area contributed by atoms with E-state index in [1.807, 2.05) is 42.2 Å². The normalized spacial score (nSPS) is 16.1. The topological polar surface area (TPSA) is 38.8 Å². The summed E-state index contributed by atoms with van der Waals surface area (Å²) in [7, 11) is 0. The number of ether oxygens (including phenoxy) is 2. The second-order valence-corrected chi connectivity index (χ2v) is 7.10. The molecule has 0 aliphatic carbocycles. The van der Waals surface area contributed by atoms with Crippen molar-refractivity contribution in [2.75, 3.05) is 19.8 Å². The quantitative estimate of drug-likeness (QED) is 0.644. The number of carbonyl (C=O) groups excluding carboxylic acids is 1. The van der Waals surface area contributed by atoms with E-state index in [9.17, 15) is 9.18 Å². The molecule has 0 unspecified atom stereocenters. The van der Waals surface area contributed by atoms with Gasteiger partial charge in [0.25, 0.3) is 0 Å². The van der Waals surface area contributed by atoms with Crippen LogP contribution in [-0.2, 0) is 22.5 Å². The van der Waals surface area contributed by atoms with Gasteiger partial charge in [-0.15, -0.1) is 0 Å². The summed E-state index contributed by atoms with van der Waals surface area (Å²) in [4.78, 5) is 14.2. The molecule has 1 aliphatic rings. The summed E-state index contributed by atoms with van der Waals surface area (Å²) in [6, 6.07) is 14.5. The first kappa shape index (κ1) is 20.3. The molecule has 28 heavy (non-hydrogen) atoms. The van der Waals surface area contributed by atoms with Crippen LogP contribution < -0.4 is 4.74 Å². The summed E-state index contributed by atoms with van der Waals surface area (Å²) in [5, 5.41) is 0. The van der Waals surface area contributed by atoms with E-state index in [-0.39, 0.29) is 17.8 Å². The minimum atomic E-state index is -0.206. The van der Waals surface area contributed by atoms with Gasteiger partial charge in [0.05, 0.1) is 12.7 Å². The zero-order chi connectivity index (χ0) is 19.8. The minimum Gasteiger partial charge on any atom is -0.493 e. The summed E-state index contributed by atoms with van der Waals surface area (Å²) in [6.07, 6.45) is 3.19. The number of amides is 1. The van der Waals surface area contributed by atoms with Crippen molar-refractivity contribution in [2.24, 2.45) is 0 Å². The van der Waals surface area contributed by atoms with Crippen molar-refractivity contribution in [1.82, 2.24) is 4.90 Å². The zero-order valence-corrected chi connectivity index (χ0v) is 16.4. The maximum atomic E-state index is 13.7. The predicted octanol–water partition coefficient (Wildman–Crippen LogP) is 4.36. The van der Waals surface area contributed by atoms with Gasteiger partial charge < -0.3 is 14.4 Å². The maximum Gasteiger partial charge on any atom is 0.222 e. The highest BCUT2D eigenvalue weighted by Crippen LogP contribution is 2.19. The van der Waals surface area contributed by atoms with E-state index < -0.39 is 0 Å². The number of carbonyl (C=O) groups is 1. The van der Waals surface area contributed by atoms with Crippen LogP contribution >= 0.6 is 0 Å². The van der Waals surface area contributed by atoms with E-state index in [1.165, 1.54) is 6.07 Å². The Labute approximate surface area is 166 Å². The molecule has 0 N–H and O–H groups in total. The van der Waals surface area contributed by atoms with Crippen LogP contribution in [0.3, 0.4) is 0 Å². The molecule has 2 aromatic rings. The van der Waals surface area contributed by atoms with E-state index in [0.717, 1.165) is 30.8 Å². The largest absolute Gasteiger partial charge is 0.493 e. The van der Waals surface area contributed by atoms with Gasteiger partial charge in [0.1, 0.15) is 11.6 Å². The minimum absolute atomic E-state index is 0.126. The van der Waals surface area contributed by atoms with Crippen molar-refractivity contribution in [2.45, 2.75) is 45.3 Å². The van der Waals surface area contributed by atoms with Gasteiger partial charge in [-0.2, -0.15) is 0 Å². The molecule has 0 radical (unpaired) electrons. The van der Waals surface area contributed by atoms with Crippen molar-refractivity contribution < 1.29 is 18.7 Å². The summed E-state index contributed by atoms with van der Waals surface area (Å²) < 4.78 is 25.2. The van der Waals surface area contributed by atoms with Crippen molar-refractivity contribution in [3.05, 3.63) is 65.5 Å². The molecule has 0 spiro atoms. The fourth-order valence-corrected chi connectivity index (χ4v) is 3.45. The lowest BCUT2D eigenvalue weighted by Crippen LogP contribution is -2.36. The Morgan fingerprint density at radius 2 is 2.11 bits per heavy atom. The molecule has 4 nitrogen and oxygen atoms in total. The molecule has 1 aliphatic heterocycles. The third kappa shape index (κ3) is 5.80. The van der Waals surface area contributed by atoms with Crippen molar-refractivity contribution in [3.63, 3.8) is 0 Å². The van der Waals surface area contributed by atoms with E-state index in [2.05, 4.69) is 0 Å². The van der Waals surface area contributed by atoms with Gasteiger partial charge in [-0.1, -0.05) is 37.3 Å². The first-order chi connectivity index (χ1) is 13.7. The van der Waals surface area contributed by atoms with Crippen LogP contribution in [0.25, 0.3) is 0 Å². The average Bonchev–Trinajstić information content (AvgIpc) is 3.22. The molecule has 0 bridgehead atoms. The highest BCUT2D eigenvalue weighted by molar-refractivity contribution is 5.75. The molecule has 1 amide bonds. The van der Waals surface area contributed by atoms with Crippen LogP contribution in [0.4, 0.5) is 4.39 Å². The molecule has 1 heterocycles. The van der Waals surface area contributed by atoms with E-state index in [0.29, 0.717) is 38.1 Å². The molecule has 150 valence electrons. The number of halogens is 1. The molecule has 1 saturated heterocycles. The Balaban J connectivity index is 1.57. The SMILES string of the molecule is CCC(=O)N(Cc1cccc(OCCc2ccccc2F)c1)C[C@@H]1CCCO1. The molecule has 0 saturated carbocycles. The van der Waals surface area contributed by atoms with Gasteiger partial charge in [-0.05, 0) is 42.2 Å². The first-order valence-corrected chi connectivity index (χ1v) is 10.00. The van der Waals surface area contributed by atoms with Crippen LogP contribution in [0.15, 0.2) is 48.5 Å². The van der Waals surface area contributed by atoms with Crippen LogP contribution in [0.1, 0.15) is 37.3 Å². The van der Waals surface area contributed by atoms with Crippen molar-refractivity contribution >= 4 is 5.91 Å². The van der Waals surface area contributed by atoms with Crippen LogP contribution in [-0.4, -0.2) is 36.7 Å². The molecule has 1 fully saturated rings. The predicted molar refractivity (Wildman–Crippen MR) is 107 cm³/mol. The van der Waals surface area contributed by atoms with E-state index >= 15 is 0 Å². The number of nitrogens with zero attached hydrogens (tertiary/aromatic N) is 1. The summed E-state index contributed by atoms with van der Waals surface area (Å²) in [6.45, 7) is 4.23. The highest BCUT2D eigenvalue weighted by atomic mass is 19.1. The molecule has 0 aromatic heterocycles. The molecular formula is C23H28FNO3. The number of hydrogen-bond acceptors (Lipinski definition) is 3. The summed E-state index contributed by atoms with van der Waals surface area (Å²) >= 11 is 0. The second kappa shape index (κ2) is 10.2. The lowest BCUT2D eigenvalue weighted by Gasteiger charge is -2.25. The Morgan fingerprint density at radius 3 is 2.86 bits per heavy atom. The van der Waals surface area contributed by atoms with Gasteiger partial charge in [-0.25, -0.2) is 4.39 Å². The highest BCUT2D eigenvalue weighted by Gasteiger charge is 2.22. The fraction of sp³-hybridized carbons (Fsp3) is 0.435. The van der Waals surface area contributed by atoms with Gasteiger partial charge in [-0.3, -0.25) is 4.79 Å². The lowest BCUT2D eigenvalue weighted by molar-refractivity contribution is -0.133. The van der Waals surface area contributed by atoms with E-state index in [1.54, 1.807) is 12.1 Å². The monoisotopic (exact) mass is 385 g/mol. The van der Waals surface area contributed by atoms with Gasteiger partial charge in [0.2, 0.25) is 5.91 Å². The Bertz CT molecular complexity index is 774. The third-order valence-electron chi connectivity index (χ3n) is 4.97. The van der Waals surface area contributed by atoms with Crippen molar-refractivity contribution in [1.29, 1.82) is 0 Å². The zero-order valence-electron chi connectivity index (χ0n) is 16.4. The van der Waals surface area contributed by atoms with Crippen LogP contribution in [0.5, 0.6) is 5.75 Å². The Hall–Kier alpha value is -2.40. The number of benzene rings is 2. The summed E-state index contributed by atoms with van der Waals surface area (Å²) in [5.41, 5.74) is 1.66. The van der Waals surface area contributed by atoms with Crippen molar-refractivity contribution in [3.8, 4) is 5.75 Å². The molecular weight excluding hydrogens is 357 g/mol. The number of hydrogen-bond donors (Lipinski definition) is 0. The van der Waals surface area contributed by atoms with Crippen LogP contribution in [0, 0.1) is 5.82 Å². The lowest BCUT2D eigenvalue weighted by atomic mass is 10.1. The maximum absolute atomic E-state index is 13.7. The Kier molecular flexibility index (Phi) is 7.43.